The zero-order valence-corrected chi connectivity index (χ0v) is 15.1. The summed E-state index contributed by atoms with van der Waals surface area (Å²) < 4.78 is 0. The molecule has 0 spiro atoms. The van der Waals surface area contributed by atoms with Crippen molar-refractivity contribution in [2.45, 2.75) is 6.92 Å². The van der Waals surface area contributed by atoms with Gasteiger partial charge >= 0.3 is 0 Å². The maximum absolute atomic E-state index is 6.69. The summed E-state index contributed by atoms with van der Waals surface area (Å²) in [6.45, 7) is 2.02. The van der Waals surface area contributed by atoms with Gasteiger partial charge in [0.25, 0.3) is 0 Å². The van der Waals surface area contributed by atoms with E-state index in [0.29, 0.717) is 30.9 Å². The van der Waals surface area contributed by atoms with Crippen LogP contribution in [0.4, 0.5) is 0 Å². The average Bonchev–Trinajstić information content (AvgIpc) is 2.56. The van der Waals surface area contributed by atoms with Gasteiger partial charge in [0.15, 0.2) is 0 Å². The van der Waals surface area contributed by atoms with Crippen molar-refractivity contribution in [3.8, 4) is 0 Å². The Morgan fingerprint density at radius 1 is 0.565 bits per heavy atom. The van der Waals surface area contributed by atoms with Crippen molar-refractivity contribution in [2.75, 3.05) is 0 Å². The van der Waals surface area contributed by atoms with Crippen LogP contribution in [0.3, 0.4) is 0 Å². The molecule has 0 fully saturated rings. The molecule has 0 bridgehead atoms. The molecular weight excluding hydrogens is 370 g/mol. The lowest BCUT2D eigenvalue weighted by Crippen LogP contribution is -1.88. The second-order valence-electron chi connectivity index (χ2n) is 5.60. The molecule has 0 aliphatic rings. The molecule has 4 aromatic rings. The molecule has 0 saturated carbocycles. The van der Waals surface area contributed by atoms with Crippen LogP contribution in [0.2, 0.25) is 20.1 Å². The normalized spacial score (nSPS) is 11.7. The van der Waals surface area contributed by atoms with E-state index >= 15 is 0 Å². The molecule has 4 aromatic carbocycles. The molecule has 0 aliphatic carbocycles. The number of hydrogen-bond acceptors (Lipinski definition) is 0. The predicted molar refractivity (Wildman–Crippen MR) is 104 cm³/mol. The molecule has 0 saturated heterocycles. The smallest absolute Gasteiger partial charge is 0.0579 e. The monoisotopic (exact) mass is 378 g/mol. The quantitative estimate of drug-likeness (QED) is 0.271. The van der Waals surface area contributed by atoms with E-state index in [2.05, 4.69) is 0 Å². The molecule has 23 heavy (non-hydrogen) atoms. The molecule has 0 aromatic heterocycles. The fraction of sp³-hybridized carbons (Fsp3) is 0.0526. The second kappa shape index (κ2) is 5.43. The molecule has 4 rings (SSSR count). The van der Waals surface area contributed by atoms with Crippen molar-refractivity contribution in [1.82, 2.24) is 0 Å². The van der Waals surface area contributed by atoms with E-state index in [0.717, 1.165) is 27.1 Å². The van der Waals surface area contributed by atoms with Gasteiger partial charge in [-0.3, -0.25) is 0 Å². The first-order valence-corrected chi connectivity index (χ1v) is 8.58. The molecule has 0 aliphatic heterocycles. The van der Waals surface area contributed by atoms with Gasteiger partial charge in [-0.15, -0.1) is 0 Å². The Hall–Kier alpha value is -1.18. The zero-order chi connectivity index (χ0) is 16.3. The van der Waals surface area contributed by atoms with E-state index in [4.69, 9.17) is 46.4 Å². The molecule has 0 atom stereocenters. The summed E-state index contributed by atoms with van der Waals surface area (Å²) >= 11 is 26.7. The number of benzene rings is 4. The Balaban J connectivity index is 2.40. The van der Waals surface area contributed by atoms with Crippen molar-refractivity contribution in [1.29, 1.82) is 0 Å². The Morgan fingerprint density at radius 2 is 1.00 bits per heavy atom. The number of halogens is 4. The van der Waals surface area contributed by atoms with Crippen LogP contribution in [-0.4, -0.2) is 0 Å². The number of aryl methyl sites for hydroxylation is 1. The summed E-state index contributed by atoms with van der Waals surface area (Å²) in [6, 6.07) is 13.7. The summed E-state index contributed by atoms with van der Waals surface area (Å²) in [5.41, 5.74) is 1.11. The van der Waals surface area contributed by atoms with E-state index in [-0.39, 0.29) is 0 Å². The van der Waals surface area contributed by atoms with Gasteiger partial charge in [-0.25, -0.2) is 0 Å². The molecule has 0 nitrogen and oxygen atoms in total. The molecule has 0 unspecified atom stereocenters. The van der Waals surface area contributed by atoms with E-state index in [1.165, 1.54) is 0 Å². The Bertz CT molecular complexity index is 1110. The predicted octanol–water partition coefficient (Wildman–Crippen LogP) is 8.07. The molecule has 114 valence electrons. The van der Waals surface area contributed by atoms with Gasteiger partial charge in [-0.05, 0) is 13.0 Å². The van der Waals surface area contributed by atoms with Gasteiger partial charge in [0.05, 0.1) is 20.1 Å². The third kappa shape index (κ3) is 2.13. The van der Waals surface area contributed by atoms with Crippen molar-refractivity contribution in [3.63, 3.8) is 0 Å². The molecule has 0 radical (unpaired) electrons. The lowest BCUT2D eigenvalue weighted by Gasteiger charge is -2.15. The molecule has 4 heteroatoms. The van der Waals surface area contributed by atoms with Crippen LogP contribution in [0.5, 0.6) is 0 Å². The highest BCUT2D eigenvalue weighted by atomic mass is 35.5. The van der Waals surface area contributed by atoms with E-state index < -0.39 is 0 Å². The highest BCUT2D eigenvalue weighted by Gasteiger charge is 2.19. The lowest BCUT2D eigenvalue weighted by atomic mass is 9.98. The average molecular weight is 380 g/mol. The minimum atomic E-state index is 0.578. The van der Waals surface area contributed by atoms with E-state index in [1.807, 2.05) is 49.4 Å². The van der Waals surface area contributed by atoms with Crippen LogP contribution < -0.4 is 0 Å². The number of rotatable bonds is 0. The Morgan fingerprint density at radius 3 is 1.52 bits per heavy atom. The highest BCUT2D eigenvalue weighted by Crippen LogP contribution is 2.48. The first-order valence-electron chi connectivity index (χ1n) is 7.07. The minimum Gasteiger partial charge on any atom is -0.0829 e. The maximum atomic E-state index is 6.69. The van der Waals surface area contributed by atoms with Gasteiger partial charge in [0, 0.05) is 32.3 Å². The third-order valence-corrected chi connectivity index (χ3v) is 5.75. The minimum absolute atomic E-state index is 0.578. The van der Waals surface area contributed by atoms with Gasteiger partial charge in [-0.2, -0.15) is 0 Å². The zero-order valence-electron chi connectivity index (χ0n) is 12.1. The van der Waals surface area contributed by atoms with Crippen LogP contribution in [0, 0.1) is 6.92 Å². The summed E-state index contributed by atoms with van der Waals surface area (Å²) in [4.78, 5) is 0. The van der Waals surface area contributed by atoms with Crippen LogP contribution in [0.15, 0.2) is 42.5 Å². The summed E-state index contributed by atoms with van der Waals surface area (Å²) in [6.07, 6.45) is 0. The van der Waals surface area contributed by atoms with Gasteiger partial charge in [-0.1, -0.05) is 88.4 Å². The van der Waals surface area contributed by atoms with Crippen molar-refractivity contribution < 1.29 is 0 Å². The largest absolute Gasteiger partial charge is 0.0829 e. The topological polar surface area (TPSA) is 0 Å². The van der Waals surface area contributed by atoms with Crippen LogP contribution in [0.1, 0.15) is 5.56 Å². The van der Waals surface area contributed by atoms with Crippen LogP contribution in [-0.2, 0) is 0 Å². The third-order valence-electron chi connectivity index (χ3n) is 4.18. The van der Waals surface area contributed by atoms with Crippen molar-refractivity contribution in [2.24, 2.45) is 0 Å². The SMILES string of the molecule is Cc1ccc2c(Cl)c3c(Cl)c4ccccc4c(Cl)c3c(Cl)c2c1. The van der Waals surface area contributed by atoms with Gasteiger partial charge < -0.3 is 0 Å². The summed E-state index contributed by atoms with van der Waals surface area (Å²) in [5, 5.41) is 7.24. The fourth-order valence-corrected chi connectivity index (χ4v) is 4.57. The van der Waals surface area contributed by atoms with Gasteiger partial charge in [0.1, 0.15) is 0 Å². The Kier molecular flexibility index (Phi) is 3.62. The van der Waals surface area contributed by atoms with Crippen LogP contribution in [0.25, 0.3) is 32.3 Å². The molecule has 0 amide bonds. The highest BCUT2D eigenvalue weighted by molar-refractivity contribution is 6.56. The van der Waals surface area contributed by atoms with E-state index in [9.17, 15) is 0 Å². The Labute approximate surface area is 153 Å². The van der Waals surface area contributed by atoms with Crippen molar-refractivity contribution in [3.05, 3.63) is 68.1 Å². The summed E-state index contributed by atoms with van der Waals surface area (Å²) in [5.74, 6) is 0. The van der Waals surface area contributed by atoms with E-state index in [1.54, 1.807) is 0 Å². The molecule has 0 heterocycles. The maximum Gasteiger partial charge on any atom is 0.0579 e. The molecular formula is C19H10Cl4. The fourth-order valence-electron chi connectivity index (χ4n) is 3.07. The van der Waals surface area contributed by atoms with Crippen molar-refractivity contribution >= 4 is 78.7 Å². The second-order valence-corrected chi connectivity index (χ2v) is 7.11. The first kappa shape index (κ1) is 15.4. The summed E-state index contributed by atoms with van der Waals surface area (Å²) in [7, 11) is 0. The standard InChI is InChI=1S/C19H10Cl4/c1-9-6-7-12-13(8-9)19(23)15-14(18(12)22)16(20)10-4-2-3-5-11(10)17(15)21/h2-8H,1H3. The van der Waals surface area contributed by atoms with Crippen LogP contribution >= 0.6 is 46.4 Å². The molecule has 0 N–H and O–H groups in total. The number of fused-ring (bicyclic) bond motifs is 3. The number of hydrogen-bond donors (Lipinski definition) is 0. The van der Waals surface area contributed by atoms with Gasteiger partial charge in [0.2, 0.25) is 0 Å². The lowest BCUT2D eigenvalue weighted by molar-refractivity contribution is 1.51. The first-order chi connectivity index (χ1) is 11.0.